The summed E-state index contributed by atoms with van der Waals surface area (Å²) in [5, 5.41) is 18.7. The van der Waals surface area contributed by atoms with Gasteiger partial charge in [0.25, 0.3) is 11.6 Å². The normalized spacial score (nSPS) is 10.6. The van der Waals surface area contributed by atoms with Crippen LogP contribution in [0.25, 0.3) is 22.2 Å². The lowest BCUT2D eigenvalue weighted by Crippen LogP contribution is -2.36. The molecule has 0 saturated heterocycles. The number of nitro benzene ring substituents is 1. The predicted octanol–water partition coefficient (Wildman–Crippen LogP) is 3.95. The highest BCUT2D eigenvalue weighted by Crippen LogP contribution is 2.26. The number of rotatable bonds is 4. The molecule has 9 nitrogen and oxygen atoms in total. The van der Waals surface area contributed by atoms with Crippen LogP contribution in [0.4, 0.5) is 10.8 Å². The number of para-hydroxylation sites is 1. The minimum Gasteiger partial charge on any atom is -0.422 e. The number of nitrogens with zero attached hydrogens (tertiary/aromatic N) is 2. The molecule has 2 N–H and O–H groups in total. The molecular formula is C20H12N4O5S2. The van der Waals surface area contributed by atoms with Gasteiger partial charge in [0.05, 0.1) is 10.6 Å². The van der Waals surface area contributed by atoms with Crippen LogP contribution < -0.4 is 16.3 Å². The number of hydrogen-bond donors (Lipinski definition) is 2. The molecule has 0 spiro atoms. The van der Waals surface area contributed by atoms with Crippen LogP contribution in [0.1, 0.15) is 10.4 Å². The minimum absolute atomic E-state index is 0.0145. The fraction of sp³-hybridized carbons (Fsp3) is 0. The number of fused-ring (bicyclic) bond motifs is 1. The number of carbonyl (C=O) groups excluding carboxylic acids is 1. The summed E-state index contributed by atoms with van der Waals surface area (Å²) in [7, 11) is 0. The summed E-state index contributed by atoms with van der Waals surface area (Å²) >= 11 is 6.38. The molecule has 154 valence electrons. The summed E-state index contributed by atoms with van der Waals surface area (Å²) in [6.07, 6.45) is 0. The fourth-order valence-electron chi connectivity index (χ4n) is 2.74. The Kier molecular flexibility index (Phi) is 5.52. The molecule has 4 rings (SSSR count). The second-order valence-corrected chi connectivity index (χ2v) is 7.50. The SMILES string of the molecule is O=C(NC(=S)Nc1nc(-c2ccc([N+](=O)[O-])cc2)cs1)c1cc2ccccc2oc1=O. The van der Waals surface area contributed by atoms with E-state index < -0.39 is 16.5 Å². The van der Waals surface area contributed by atoms with Crippen LogP contribution in [-0.4, -0.2) is 20.9 Å². The van der Waals surface area contributed by atoms with Crippen LogP contribution in [-0.2, 0) is 0 Å². The zero-order chi connectivity index (χ0) is 22.0. The lowest BCUT2D eigenvalue weighted by atomic mass is 10.1. The van der Waals surface area contributed by atoms with Gasteiger partial charge in [-0.15, -0.1) is 11.3 Å². The average molecular weight is 452 g/mol. The van der Waals surface area contributed by atoms with Crippen molar-refractivity contribution >= 4 is 56.4 Å². The smallest absolute Gasteiger partial charge is 0.349 e. The van der Waals surface area contributed by atoms with Gasteiger partial charge in [0.2, 0.25) is 0 Å². The number of aromatic nitrogens is 1. The second-order valence-electron chi connectivity index (χ2n) is 6.24. The van der Waals surface area contributed by atoms with Gasteiger partial charge in [-0.3, -0.25) is 20.2 Å². The van der Waals surface area contributed by atoms with Crippen LogP contribution in [0.5, 0.6) is 0 Å². The Labute approximate surface area is 183 Å². The Morgan fingerprint density at radius 1 is 1.16 bits per heavy atom. The average Bonchev–Trinajstić information content (AvgIpc) is 3.21. The van der Waals surface area contributed by atoms with E-state index in [-0.39, 0.29) is 16.4 Å². The highest BCUT2D eigenvalue weighted by atomic mass is 32.1. The van der Waals surface area contributed by atoms with E-state index in [1.807, 2.05) is 0 Å². The summed E-state index contributed by atoms with van der Waals surface area (Å²) in [6, 6.07) is 14.3. The van der Waals surface area contributed by atoms with Gasteiger partial charge in [0.1, 0.15) is 11.1 Å². The number of carbonyl (C=O) groups is 1. The Bertz CT molecular complexity index is 1380. The molecular weight excluding hydrogens is 440 g/mol. The lowest BCUT2D eigenvalue weighted by molar-refractivity contribution is -0.384. The molecule has 2 aromatic carbocycles. The number of nitrogens with one attached hydrogen (secondary N) is 2. The molecule has 0 aliphatic heterocycles. The quantitative estimate of drug-likeness (QED) is 0.206. The molecule has 0 aliphatic rings. The van der Waals surface area contributed by atoms with Crippen LogP contribution >= 0.6 is 23.6 Å². The summed E-state index contributed by atoms with van der Waals surface area (Å²) in [5.41, 5.74) is 0.707. The minimum atomic E-state index is -0.770. The maximum atomic E-state index is 12.5. The van der Waals surface area contributed by atoms with Gasteiger partial charge >= 0.3 is 5.63 Å². The van der Waals surface area contributed by atoms with Crippen molar-refractivity contribution in [2.24, 2.45) is 0 Å². The van der Waals surface area contributed by atoms with Crippen molar-refractivity contribution in [3.05, 3.63) is 86.1 Å². The summed E-state index contributed by atoms with van der Waals surface area (Å²) in [6.45, 7) is 0. The van der Waals surface area contributed by atoms with Gasteiger partial charge in [-0.05, 0) is 36.5 Å². The van der Waals surface area contributed by atoms with Crippen LogP contribution in [0.15, 0.2) is 69.2 Å². The van der Waals surface area contributed by atoms with E-state index in [9.17, 15) is 19.7 Å². The number of thiazole rings is 1. The molecule has 0 radical (unpaired) electrons. The number of non-ortho nitro benzene ring substituents is 1. The lowest BCUT2D eigenvalue weighted by Gasteiger charge is -2.07. The maximum Gasteiger partial charge on any atom is 0.349 e. The van der Waals surface area contributed by atoms with Gasteiger partial charge in [0, 0.05) is 28.5 Å². The highest BCUT2D eigenvalue weighted by molar-refractivity contribution is 7.80. The first-order chi connectivity index (χ1) is 14.9. The van der Waals surface area contributed by atoms with Crippen molar-refractivity contribution < 1.29 is 14.1 Å². The fourth-order valence-corrected chi connectivity index (χ4v) is 3.71. The largest absolute Gasteiger partial charge is 0.422 e. The Balaban J connectivity index is 1.44. The van der Waals surface area contributed by atoms with E-state index in [0.717, 1.165) is 0 Å². The van der Waals surface area contributed by atoms with Gasteiger partial charge < -0.3 is 9.73 Å². The first-order valence-electron chi connectivity index (χ1n) is 8.76. The van der Waals surface area contributed by atoms with Crippen LogP contribution in [0.2, 0.25) is 0 Å². The van der Waals surface area contributed by atoms with Crippen molar-refractivity contribution in [3.8, 4) is 11.3 Å². The predicted molar refractivity (Wildman–Crippen MR) is 120 cm³/mol. The molecule has 0 unspecified atom stereocenters. The third-order valence-electron chi connectivity index (χ3n) is 4.21. The van der Waals surface area contributed by atoms with Crippen molar-refractivity contribution in [1.29, 1.82) is 0 Å². The topological polar surface area (TPSA) is 127 Å². The first-order valence-corrected chi connectivity index (χ1v) is 10.0. The van der Waals surface area contributed by atoms with E-state index in [4.69, 9.17) is 16.6 Å². The Hall–Kier alpha value is -3.96. The number of anilines is 1. The molecule has 0 aliphatic carbocycles. The van der Waals surface area contributed by atoms with Gasteiger partial charge in [0.15, 0.2) is 10.2 Å². The van der Waals surface area contributed by atoms with E-state index >= 15 is 0 Å². The monoisotopic (exact) mass is 452 g/mol. The van der Waals surface area contributed by atoms with Crippen LogP contribution in [0, 0.1) is 10.1 Å². The molecule has 0 saturated carbocycles. The molecule has 11 heteroatoms. The molecule has 2 heterocycles. The number of nitro groups is 1. The molecule has 0 atom stereocenters. The van der Waals surface area contributed by atoms with E-state index in [0.29, 0.717) is 27.4 Å². The highest BCUT2D eigenvalue weighted by Gasteiger charge is 2.16. The number of thiocarbonyl (C=S) groups is 1. The summed E-state index contributed by atoms with van der Waals surface area (Å²) in [5.74, 6) is -0.704. The van der Waals surface area contributed by atoms with Gasteiger partial charge in [-0.1, -0.05) is 18.2 Å². The van der Waals surface area contributed by atoms with Crippen molar-refractivity contribution in [3.63, 3.8) is 0 Å². The number of amides is 1. The molecule has 0 bridgehead atoms. The van der Waals surface area contributed by atoms with Crippen molar-refractivity contribution in [2.75, 3.05) is 5.32 Å². The standard InChI is InChI=1S/C20H12N4O5S2/c25-17(14-9-12-3-1-2-4-16(12)29-18(14)26)22-19(30)23-20-21-15(10-31-20)11-5-7-13(8-6-11)24(27)28/h1-10H,(H2,21,22,23,25,30). The third-order valence-corrected chi connectivity index (χ3v) is 5.17. The molecule has 2 aromatic heterocycles. The zero-order valence-corrected chi connectivity index (χ0v) is 17.2. The van der Waals surface area contributed by atoms with Crippen molar-refractivity contribution in [2.45, 2.75) is 0 Å². The van der Waals surface area contributed by atoms with Gasteiger partial charge in [-0.2, -0.15) is 0 Å². The van der Waals surface area contributed by atoms with Crippen molar-refractivity contribution in [1.82, 2.24) is 10.3 Å². The Morgan fingerprint density at radius 3 is 2.65 bits per heavy atom. The summed E-state index contributed by atoms with van der Waals surface area (Å²) in [4.78, 5) is 39.2. The second kappa shape index (κ2) is 8.42. The van der Waals surface area contributed by atoms with Gasteiger partial charge in [-0.25, -0.2) is 9.78 Å². The van der Waals surface area contributed by atoms with E-state index in [1.165, 1.54) is 29.5 Å². The van der Waals surface area contributed by atoms with Crippen LogP contribution in [0.3, 0.4) is 0 Å². The number of hydrogen-bond acceptors (Lipinski definition) is 8. The molecule has 4 aromatic rings. The first kappa shape index (κ1) is 20.3. The number of benzene rings is 2. The van der Waals surface area contributed by atoms with E-state index in [2.05, 4.69) is 15.6 Å². The molecule has 0 fully saturated rings. The third kappa shape index (κ3) is 4.47. The zero-order valence-electron chi connectivity index (χ0n) is 15.5. The molecule has 31 heavy (non-hydrogen) atoms. The molecule has 1 amide bonds. The summed E-state index contributed by atoms with van der Waals surface area (Å²) < 4.78 is 5.16. The Morgan fingerprint density at radius 2 is 1.90 bits per heavy atom. The maximum absolute atomic E-state index is 12.5. The van der Waals surface area contributed by atoms with E-state index in [1.54, 1.807) is 41.8 Å².